The molecule has 0 aliphatic heterocycles. The van der Waals surface area contributed by atoms with Crippen LogP contribution in [0.2, 0.25) is 4.47 Å². The lowest BCUT2D eigenvalue weighted by Crippen LogP contribution is -2.25. The molecule has 1 aromatic rings. The molecule has 1 aromatic heterocycles. The molecule has 0 saturated heterocycles. The van der Waals surface area contributed by atoms with E-state index in [1.165, 1.54) is 17.5 Å². The predicted octanol–water partition coefficient (Wildman–Crippen LogP) is 2.30. The zero-order valence-corrected chi connectivity index (χ0v) is 10.0. The van der Waals surface area contributed by atoms with Crippen LogP contribution in [0.4, 0.5) is 8.78 Å². The van der Waals surface area contributed by atoms with Gasteiger partial charge in [-0.3, -0.25) is 5.32 Å². The quantitative estimate of drug-likeness (QED) is 0.781. The highest BCUT2D eigenvalue weighted by molar-refractivity contribution is 7.99. The van der Waals surface area contributed by atoms with Crippen molar-refractivity contribution in [3.05, 3.63) is 15.5 Å². The highest BCUT2D eigenvalue weighted by atomic mass is 35.5. The second-order valence-electron chi connectivity index (χ2n) is 2.54. The molecule has 3 nitrogen and oxygen atoms in total. The van der Waals surface area contributed by atoms with Crippen LogP contribution in [0.3, 0.4) is 0 Å². The van der Waals surface area contributed by atoms with Crippen LogP contribution in [0.5, 0.6) is 0 Å². The first-order chi connectivity index (χ1) is 7.13. The van der Waals surface area contributed by atoms with E-state index in [1.54, 1.807) is 0 Å². The van der Waals surface area contributed by atoms with Gasteiger partial charge in [-0.05, 0) is 0 Å². The number of rotatable bonds is 6. The van der Waals surface area contributed by atoms with E-state index in [9.17, 15) is 8.78 Å². The highest BCUT2D eigenvalue weighted by Gasteiger charge is 2.19. The number of thioether (sulfide) groups is 1. The SMILES string of the molecule is NCCNC(SC(F)F)c1cnc(Cl)s1. The van der Waals surface area contributed by atoms with Gasteiger partial charge in [0, 0.05) is 19.3 Å². The predicted molar refractivity (Wildman–Crippen MR) is 60.5 cm³/mol. The summed E-state index contributed by atoms with van der Waals surface area (Å²) in [6.07, 6.45) is 1.50. The molecule has 1 atom stereocenters. The van der Waals surface area contributed by atoms with Crippen LogP contribution in [0.25, 0.3) is 0 Å². The first kappa shape index (κ1) is 13.1. The van der Waals surface area contributed by atoms with Gasteiger partial charge in [0.15, 0.2) is 4.47 Å². The van der Waals surface area contributed by atoms with Crippen molar-refractivity contribution in [3.8, 4) is 0 Å². The van der Waals surface area contributed by atoms with Crippen LogP contribution in [0.1, 0.15) is 10.3 Å². The Hall–Kier alpha value is 0.0500. The van der Waals surface area contributed by atoms with Crippen molar-refractivity contribution in [1.29, 1.82) is 0 Å². The maximum atomic E-state index is 12.2. The van der Waals surface area contributed by atoms with Crippen molar-refractivity contribution in [2.45, 2.75) is 11.1 Å². The lowest BCUT2D eigenvalue weighted by molar-refractivity contribution is 0.250. The minimum atomic E-state index is -2.44. The minimum Gasteiger partial charge on any atom is -0.329 e. The molecule has 3 N–H and O–H groups in total. The molecule has 1 heterocycles. The summed E-state index contributed by atoms with van der Waals surface area (Å²) in [6.45, 7) is 0.868. The molecule has 1 unspecified atom stereocenters. The molecule has 0 aromatic carbocycles. The number of thiazole rings is 1. The Morgan fingerprint density at radius 3 is 2.87 bits per heavy atom. The fourth-order valence-corrected chi connectivity index (χ4v) is 2.76. The summed E-state index contributed by atoms with van der Waals surface area (Å²) in [4.78, 5) is 4.49. The molecule has 0 radical (unpaired) electrons. The van der Waals surface area contributed by atoms with Crippen molar-refractivity contribution < 1.29 is 8.78 Å². The molecule has 0 fully saturated rings. The van der Waals surface area contributed by atoms with E-state index in [0.717, 1.165) is 0 Å². The van der Waals surface area contributed by atoms with Gasteiger partial charge in [0.05, 0.1) is 10.3 Å². The number of hydrogen-bond acceptors (Lipinski definition) is 5. The molecule has 0 saturated carbocycles. The number of aromatic nitrogens is 1. The van der Waals surface area contributed by atoms with Gasteiger partial charge in [0.1, 0.15) is 0 Å². The Balaban J connectivity index is 2.62. The van der Waals surface area contributed by atoms with Crippen LogP contribution in [0, 0.1) is 0 Å². The second-order valence-corrected chi connectivity index (χ2v) is 5.28. The van der Waals surface area contributed by atoms with Crippen LogP contribution < -0.4 is 11.1 Å². The van der Waals surface area contributed by atoms with Crippen LogP contribution >= 0.6 is 34.7 Å². The summed E-state index contributed by atoms with van der Waals surface area (Å²) in [5.41, 5.74) is 5.29. The standard InChI is InChI=1S/C7H10ClF2N3S2/c8-6-13-3-4(14-6)5(12-2-1-11)15-7(9)10/h3,5,7,12H,1-2,11H2. The number of alkyl halides is 2. The third kappa shape index (κ3) is 4.60. The molecule has 0 aliphatic rings. The molecule has 0 amide bonds. The molecule has 0 aliphatic carbocycles. The number of nitrogens with two attached hydrogens (primary N) is 1. The largest absolute Gasteiger partial charge is 0.329 e. The minimum absolute atomic E-state index is 0.347. The molecule has 15 heavy (non-hydrogen) atoms. The van der Waals surface area contributed by atoms with Crippen molar-refractivity contribution in [1.82, 2.24) is 10.3 Å². The maximum absolute atomic E-state index is 12.2. The number of hydrogen-bond donors (Lipinski definition) is 2. The lowest BCUT2D eigenvalue weighted by atomic mass is 10.5. The van der Waals surface area contributed by atoms with E-state index in [2.05, 4.69) is 10.3 Å². The summed E-state index contributed by atoms with van der Waals surface area (Å²) in [7, 11) is 0. The van der Waals surface area contributed by atoms with E-state index in [4.69, 9.17) is 17.3 Å². The van der Waals surface area contributed by atoms with E-state index >= 15 is 0 Å². The van der Waals surface area contributed by atoms with Crippen LogP contribution in [-0.4, -0.2) is 23.8 Å². The molecular weight excluding hydrogens is 264 g/mol. The third-order valence-corrected chi connectivity index (χ3v) is 3.69. The number of halogens is 3. The zero-order valence-electron chi connectivity index (χ0n) is 7.62. The van der Waals surface area contributed by atoms with Gasteiger partial charge in [0.2, 0.25) is 0 Å². The van der Waals surface area contributed by atoms with Gasteiger partial charge < -0.3 is 5.73 Å². The normalized spacial score (nSPS) is 13.4. The van der Waals surface area contributed by atoms with Crippen LogP contribution in [-0.2, 0) is 0 Å². The Kier molecular flexibility index (Phi) is 5.77. The van der Waals surface area contributed by atoms with E-state index in [0.29, 0.717) is 34.2 Å². The van der Waals surface area contributed by atoms with Gasteiger partial charge in [-0.15, -0.1) is 11.3 Å². The molecular formula is C7H10ClF2N3S2. The average molecular weight is 274 g/mol. The molecule has 8 heteroatoms. The van der Waals surface area contributed by atoms with Gasteiger partial charge >= 0.3 is 0 Å². The summed E-state index contributed by atoms with van der Waals surface area (Å²) in [5, 5.41) is 2.40. The summed E-state index contributed by atoms with van der Waals surface area (Å²) < 4.78 is 24.8. The topological polar surface area (TPSA) is 50.9 Å². The van der Waals surface area contributed by atoms with Crippen molar-refractivity contribution in [3.63, 3.8) is 0 Å². The molecule has 0 bridgehead atoms. The van der Waals surface area contributed by atoms with E-state index in [-0.39, 0.29) is 0 Å². The Bertz CT molecular complexity index is 298. The first-order valence-corrected chi connectivity index (χ1v) is 6.25. The molecule has 0 spiro atoms. The van der Waals surface area contributed by atoms with Gasteiger partial charge in [-0.2, -0.15) is 8.78 Å². The van der Waals surface area contributed by atoms with Crippen molar-refractivity contribution in [2.24, 2.45) is 5.73 Å². The number of nitrogens with one attached hydrogen (secondary N) is 1. The number of nitrogens with zero attached hydrogens (tertiary/aromatic N) is 1. The monoisotopic (exact) mass is 273 g/mol. The third-order valence-electron chi connectivity index (χ3n) is 1.47. The van der Waals surface area contributed by atoms with Crippen molar-refractivity contribution in [2.75, 3.05) is 13.1 Å². The Labute approximate surface area is 99.4 Å². The van der Waals surface area contributed by atoms with Gasteiger partial charge in [-0.1, -0.05) is 23.4 Å². The van der Waals surface area contributed by atoms with E-state index in [1.807, 2.05) is 0 Å². The smallest absolute Gasteiger partial charge is 0.286 e. The van der Waals surface area contributed by atoms with Gasteiger partial charge in [0.25, 0.3) is 5.76 Å². The first-order valence-electron chi connectivity index (χ1n) is 4.11. The second kappa shape index (κ2) is 6.59. The fraction of sp³-hybridized carbons (Fsp3) is 0.571. The molecule has 1 rings (SSSR count). The average Bonchev–Trinajstić information content (AvgIpc) is 2.58. The Morgan fingerprint density at radius 1 is 1.67 bits per heavy atom. The highest BCUT2D eigenvalue weighted by Crippen LogP contribution is 2.35. The summed E-state index contributed by atoms with van der Waals surface area (Å²) in [6, 6.07) is 0. The summed E-state index contributed by atoms with van der Waals surface area (Å²) >= 11 is 7.34. The lowest BCUT2D eigenvalue weighted by Gasteiger charge is -2.15. The van der Waals surface area contributed by atoms with Gasteiger partial charge in [-0.25, -0.2) is 4.98 Å². The zero-order chi connectivity index (χ0) is 11.3. The fourth-order valence-electron chi connectivity index (χ4n) is 0.919. The molecule has 86 valence electrons. The van der Waals surface area contributed by atoms with Crippen molar-refractivity contribution >= 4 is 34.7 Å². The van der Waals surface area contributed by atoms with E-state index < -0.39 is 11.1 Å². The van der Waals surface area contributed by atoms with Crippen LogP contribution in [0.15, 0.2) is 6.20 Å². The summed E-state index contributed by atoms with van der Waals surface area (Å²) in [5.74, 6) is -2.44. The maximum Gasteiger partial charge on any atom is 0.286 e. The Morgan fingerprint density at radius 2 is 2.40 bits per heavy atom.